The SMILES string of the molecule is CC(=O)c1ccc(C#N)cc1N1CCN(C2CCC(C)CC2)CC1. The summed E-state index contributed by atoms with van der Waals surface area (Å²) in [5, 5.41) is 9.16. The molecule has 2 aliphatic rings. The highest BCUT2D eigenvalue weighted by atomic mass is 16.1. The van der Waals surface area contributed by atoms with Crippen molar-refractivity contribution in [1.29, 1.82) is 5.26 Å². The van der Waals surface area contributed by atoms with Gasteiger partial charge in [0.05, 0.1) is 11.6 Å². The molecule has 0 N–H and O–H groups in total. The highest BCUT2D eigenvalue weighted by molar-refractivity contribution is 6.00. The summed E-state index contributed by atoms with van der Waals surface area (Å²) in [4.78, 5) is 16.8. The number of ketones is 1. The van der Waals surface area contributed by atoms with Crippen molar-refractivity contribution in [1.82, 2.24) is 4.90 Å². The van der Waals surface area contributed by atoms with E-state index >= 15 is 0 Å². The van der Waals surface area contributed by atoms with E-state index in [1.807, 2.05) is 6.07 Å². The van der Waals surface area contributed by atoms with Crippen molar-refractivity contribution in [2.45, 2.75) is 45.6 Å². The van der Waals surface area contributed by atoms with Crippen LogP contribution in [0.25, 0.3) is 0 Å². The normalized spacial score (nSPS) is 25.3. The van der Waals surface area contributed by atoms with Gasteiger partial charge >= 0.3 is 0 Å². The predicted molar refractivity (Wildman–Crippen MR) is 96.4 cm³/mol. The summed E-state index contributed by atoms with van der Waals surface area (Å²) in [6.45, 7) is 7.92. The molecule has 3 rings (SSSR count). The molecule has 1 aliphatic carbocycles. The van der Waals surface area contributed by atoms with E-state index in [2.05, 4.69) is 22.8 Å². The lowest BCUT2D eigenvalue weighted by Crippen LogP contribution is -2.51. The smallest absolute Gasteiger partial charge is 0.161 e. The van der Waals surface area contributed by atoms with Crippen LogP contribution in [-0.2, 0) is 0 Å². The van der Waals surface area contributed by atoms with Gasteiger partial charge in [-0.15, -0.1) is 0 Å². The van der Waals surface area contributed by atoms with E-state index in [4.69, 9.17) is 5.26 Å². The van der Waals surface area contributed by atoms with E-state index in [1.54, 1.807) is 19.1 Å². The average Bonchev–Trinajstić information content (AvgIpc) is 2.62. The molecule has 1 aromatic carbocycles. The molecule has 0 bridgehead atoms. The summed E-state index contributed by atoms with van der Waals surface area (Å²) < 4.78 is 0. The monoisotopic (exact) mass is 325 g/mol. The van der Waals surface area contributed by atoms with Crippen LogP contribution < -0.4 is 4.90 Å². The fraction of sp³-hybridized carbons (Fsp3) is 0.600. The number of benzene rings is 1. The van der Waals surface area contributed by atoms with Crippen LogP contribution in [0.1, 0.15) is 55.5 Å². The minimum atomic E-state index is 0.0678. The standard InChI is InChI=1S/C20H27N3O/c1-15-3-6-18(7-4-15)22-9-11-23(12-10-22)20-13-17(14-21)5-8-19(20)16(2)24/h5,8,13,15,18H,3-4,6-7,9-12H2,1-2H3. The Kier molecular flexibility index (Phi) is 5.20. The molecule has 0 spiro atoms. The third kappa shape index (κ3) is 3.62. The highest BCUT2D eigenvalue weighted by Gasteiger charge is 2.28. The number of hydrogen-bond donors (Lipinski definition) is 0. The van der Waals surface area contributed by atoms with Crippen LogP contribution in [0, 0.1) is 17.2 Å². The fourth-order valence-corrected chi connectivity index (χ4v) is 4.10. The average molecular weight is 325 g/mol. The summed E-state index contributed by atoms with van der Waals surface area (Å²) in [5.41, 5.74) is 2.28. The molecule has 4 nitrogen and oxygen atoms in total. The molecule has 1 saturated heterocycles. The molecule has 0 atom stereocenters. The molecule has 0 aromatic heterocycles. The van der Waals surface area contributed by atoms with Crippen molar-refractivity contribution in [2.75, 3.05) is 31.1 Å². The predicted octanol–water partition coefficient (Wildman–Crippen LogP) is 3.46. The first-order valence-corrected chi connectivity index (χ1v) is 9.12. The van der Waals surface area contributed by atoms with Gasteiger partial charge in [0.15, 0.2) is 5.78 Å². The number of nitriles is 1. The highest BCUT2D eigenvalue weighted by Crippen LogP contribution is 2.29. The van der Waals surface area contributed by atoms with Gasteiger partial charge in [0, 0.05) is 43.5 Å². The van der Waals surface area contributed by atoms with Gasteiger partial charge in [0.2, 0.25) is 0 Å². The summed E-state index contributed by atoms with van der Waals surface area (Å²) in [7, 11) is 0. The van der Waals surface area contributed by atoms with Crippen LogP contribution in [0.3, 0.4) is 0 Å². The van der Waals surface area contributed by atoms with Crippen LogP contribution in [0.15, 0.2) is 18.2 Å². The van der Waals surface area contributed by atoms with E-state index in [0.717, 1.165) is 49.4 Å². The van der Waals surface area contributed by atoms with Gasteiger partial charge < -0.3 is 4.90 Å². The van der Waals surface area contributed by atoms with E-state index in [0.29, 0.717) is 5.56 Å². The van der Waals surface area contributed by atoms with Crippen molar-refractivity contribution >= 4 is 11.5 Å². The van der Waals surface area contributed by atoms with Crippen molar-refractivity contribution in [3.05, 3.63) is 29.3 Å². The van der Waals surface area contributed by atoms with E-state index in [-0.39, 0.29) is 5.78 Å². The third-order valence-corrected chi connectivity index (χ3v) is 5.66. The number of carbonyl (C=O) groups excluding carboxylic acids is 1. The first kappa shape index (κ1) is 17.0. The molecule has 2 fully saturated rings. The number of anilines is 1. The summed E-state index contributed by atoms with van der Waals surface area (Å²) in [6, 6.07) is 8.33. The van der Waals surface area contributed by atoms with Gasteiger partial charge in [0.1, 0.15) is 0 Å². The maximum atomic E-state index is 11.9. The van der Waals surface area contributed by atoms with Gasteiger partial charge in [-0.1, -0.05) is 6.92 Å². The second-order valence-electron chi connectivity index (χ2n) is 7.34. The summed E-state index contributed by atoms with van der Waals surface area (Å²) in [5.74, 6) is 0.951. The number of Topliss-reactive ketones (excluding diaryl/α,β-unsaturated/α-hetero) is 1. The van der Waals surface area contributed by atoms with Crippen LogP contribution in [0.2, 0.25) is 0 Å². The Morgan fingerprint density at radius 2 is 1.79 bits per heavy atom. The quantitative estimate of drug-likeness (QED) is 0.799. The Bertz CT molecular complexity index is 633. The lowest BCUT2D eigenvalue weighted by molar-refractivity contribution is 0.101. The Hall–Kier alpha value is -1.86. The first-order chi connectivity index (χ1) is 11.6. The molecule has 0 radical (unpaired) electrons. The largest absolute Gasteiger partial charge is 0.368 e. The van der Waals surface area contributed by atoms with Crippen LogP contribution in [-0.4, -0.2) is 42.9 Å². The molecule has 1 aliphatic heterocycles. The Balaban J connectivity index is 1.68. The number of piperazine rings is 1. The number of carbonyl (C=O) groups is 1. The zero-order valence-corrected chi connectivity index (χ0v) is 14.8. The van der Waals surface area contributed by atoms with Crippen molar-refractivity contribution in [3.63, 3.8) is 0 Å². The second kappa shape index (κ2) is 7.36. The molecule has 1 aromatic rings. The number of rotatable bonds is 3. The van der Waals surface area contributed by atoms with E-state index in [1.165, 1.54) is 25.7 Å². The Labute approximate surface area is 145 Å². The van der Waals surface area contributed by atoms with Gasteiger partial charge in [-0.2, -0.15) is 5.26 Å². The van der Waals surface area contributed by atoms with Crippen LogP contribution in [0.5, 0.6) is 0 Å². The Morgan fingerprint density at radius 3 is 2.38 bits per heavy atom. The molecule has 128 valence electrons. The van der Waals surface area contributed by atoms with Crippen molar-refractivity contribution in [3.8, 4) is 6.07 Å². The Morgan fingerprint density at radius 1 is 1.12 bits per heavy atom. The number of nitrogens with zero attached hydrogens (tertiary/aromatic N) is 3. The van der Waals surface area contributed by atoms with Gasteiger partial charge in [-0.05, 0) is 56.7 Å². The molecule has 1 saturated carbocycles. The van der Waals surface area contributed by atoms with Gasteiger partial charge in [-0.25, -0.2) is 0 Å². The summed E-state index contributed by atoms with van der Waals surface area (Å²) in [6.07, 6.45) is 5.35. The first-order valence-electron chi connectivity index (χ1n) is 9.12. The molecule has 24 heavy (non-hydrogen) atoms. The third-order valence-electron chi connectivity index (χ3n) is 5.66. The molecule has 0 amide bonds. The molecule has 1 heterocycles. The van der Waals surface area contributed by atoms with Crippen molar-refractivity contribution in [2.24, 2.45) is 5.92 Å². The minimum Gasteiger partial charge on any atom is -0.368 e. The zero-order chi connectivity index (χ0) is 17.1. The maximum Gasteiger partial charge on any atom is 0.161 e. The summed E-state index contributed by atoms with van der Waals surface area (Å²) >= 11 is 0. The number of hydrogen-bond acceptors (Lipinski definition) is 4. The van der Waals surface area contributed by atoms with Gasteiger partial charge in [0.25, 0.3) is 0 Å². The van der Waals surface area contributed by atoms with Crippen LogP contribution in [0.4, 0.5) is 5.69 Å². The zero-order valence-electron chi connectivity index (χ0n) is 14.8. The molecule has 0 unspecified atom stereocenters. The van der Waals surface area contributed by atoms with Crippen LogP contribution >= 0.6 is 0 Å². The van der Waals surface area contributed by atoms with Gasteiger partial charge in [-0.3, -0.25) is 9.69 Å². The minimum absolute atomic E-state index is 0.0678. The lowest BCUT2D eigenvalue weighted by atomic mass is 9.86. The fourth-order valence-electron chi connectivity index (χ4n) is 4.10. The van der Waals surface area contributed by atoms with E-state index in [9.17, 15) is 4.79 Å². The molecular weight excluding hydrogens is 298 g/mol. The van der Waals surface area contributed by atoms with E-state index < -0.39 is 0 Å². The lowest BCUT2D eigenvalue weighted by Gasteiger charge is -2.42. The second-order valence-corrected chi connectivity index (χ2v) is 7.34. The maximum absolute atomic E-state index is 11.9. The molecular formula is C20H27N3O. The topological polar surface area (TPSA) is 47.3 Å². The molecule has 4 heteroatoms. The van der Waals surface area contributed by atoms with Crippen molar-refractivity contribution < 1.29 is 4.79 Å².